The Kier molecular flexibility index (Phi) is 4.91. The van der Waals surface area contributed by atoms with Crippen LogP contribution in [-0.4, -0.2) is 43.5 Å². The van der Waals surface area contributed by atoms with Crippen molar-refractivity contribution in [3.05, 3.63) is 40.1 Å². The smallest absolute Gasteiger partial charge is 0.325 e. The quantitative estimate of drug-likeness (QED) is 0.732. The molecule has 152 valence electrons. The topological polar surface area (TPSA) is 97.0 Å². The van der Waals surface area contributed by atoms with E-state index >= 15 is 0 Å². The van der Waals surface area contributed by atoms with Crippen LogP contribution >= 0.6 is 11.3 Å². The molecule has 0 bridgehead atoms. The minimum Gasteiger partial charge on any atom is -0.493 e. The molecule has 0 radical (unpaired) electrons. The lowest BCUT2D eigenvalue weighted by atomic mass is 9.80. The van der Waals surface area contributed by atoms with Crippen LogP contribution in [0.2, 0.25) is 0 Å². The van der Waals surface area contributed by atoms with Gasteiger partial charge >= 0.3 is 6.03 Å². The van der Waals surface area contributed by atoms with Crippen molar-refractivity contribution < 1.29 is 23.9 Å². The van der Waals surface area contributed by atoms with E-state index in [1.54, 1.807) is 29.5 Å². The van der Waals surface area contributed by atoms with Gasteiger partial charge in [0.1, 0.15) is 12.1 Å². The molecule has 9 heteroatoms. The number of thiophene rings is 1. The highest BCUT2D eigenvalue weighted by Crippen LogP contribution is 2.42. The Bertz CT molecular complexity index is 988. The second-order valence-corrected chi connectivity index (χ2v) is 7.96. The van der Waals surface area contributed by atoms with E-state index in [9.17, 15) is 14.4 Å². The fraction of sp³-hybridized carbons (Fsp3) is 0.350. The first-order chi connectivity index (χ1) is 14.0. The number of fused-ring (bicyclic) bond motifs is 2. The summed E-state index contributed by atoms with van der Waals surface area (Å²) in [6, 6.07) is 6.28. The summed E-state index contributed by atoms with van der Waals surface area (Å²) >= 11 is 1.59. The minimum absolute atomic E-state index is 0.361. The third kappa shape index (κ3) is 3.21. The molecule has 0 saturated carbocycles. The van der Waals surface area contributed by atoms with Crippen LogP contribution in [0, 0.1) is 0 Å². The lowest BCUT2D eigenvalue weighted by molar-refractivity contribution is -0.134. The van der Waals surface area contributed by atoms with Gasteiger partial charge in [0, 0.05) is 22.2 Å². The first-order valence-corrected chi connectivity index (χ1v) is 10.1. The Labute approximate surface area is 171 Å². The lowest BCUT2D eigenvalue weighted by Crippen LogP contribution is -2.46. The number of nitrogens with one attached hydrogen (secondary N) is 2. The molecule has 1 aromatic heterocycles. The van der Waals surface area contributed by atoms with Gasteiger partial charge in [-0.25, -0.2) is 4.79 Å². The predicted octanol–water partition coefficient (Wildman–Crippen LogP) is 2.49. The number of anilines is 1. The van der Waals surface area contributed by atoms with Gasteiger partial charge in [-0.15, -0.1) is 11.3 Å². The Balaban J connectivity index is 1.50. The number of urea groups is 1. The fourth-order valence-corrected chi connectivity index (χ4v) is 4.94. The van der Waals surface area contributed by atoms with E-state index in [4.69, 9.17) is 9.47 Å². The van der Waals surface area contributed by atoms with Crippen molar-refractivity contribution in [2.24, 2.45) is 0 Å². The summed E-state index contributed by atoms with van der Waals surface area (Å²) in [7, 11) is 3.02. The molecule has 4 rings (SSSR count). The SMILES string of the molecule is COc1ccc(NC(=O)CN2C(=O)N[C@@]3(CCCc4sccc43)C2=O)cc1OC. The number of rotatable bonds is 5. The van der Waals surface area contributed by atoms with Gasteiger partial charge in [-0.05, 0) is 42.8 Å². The van der Waals surface area contributed by atoms with Gasteiger partial charge in [-0.3, -0.25) is 14.5 Å². The maximum absolute atomic E-state index is 13.2. The number of nitrogens with zero attached hydrogens (tertiary/aromatic N) is 1. The van der Waals surface area contributed by atoms with Crippen molar-refractivity contribution in [1.82, 2.24) is 10.2 Å². The van der Waals surface area contributed by atoms with E-state index in [0.717, 1.165) is 28.2 Å². The molecule has 0 unspecified atom stereocenters. The van der Waals surface area contributed by atoms with Crippen molar-refractivity contribution in [3.63, 3.8) is 0 Å². The van der Waals surface area contributed by atoms with E-state index in [2.05, 4.69) is 10.6 Å². The fourth-order valence-electron chi connectivity index (χ4n) is 3.94. The van der Waals surface area contributed by atoms with Crippen LogP contribution in [-0.2, 0) is 21.5 Å². The van der Waals surface area contributed by atoms with E-state index in [0.29, 0.717) is 23.6 Å². The Morgan fingerprint density at radius 1 is 1.24 bits per heavy atom. The van der Waals surface area contributed by atoms with E-state index < -0.39 is 17.5 Å². The highest BCUT2D eigenvalue weighted by Gasteiger charge is 2.54. The van der Waals surface area contributed by atoms with Crippen molar-refractivity contribution in [2.75, 3.05) is 26.1 Å². The Morgan fingerprint density at radius 3 is 2.79 bits per heavy atom. The van der Waals surface area contributed by atoms with Crippen molar-refractivity contribution in [1.29, 1.82) is 0 Å². The molecule has 1 fully saturated rings. The molecule has 1 spiro atoms. The molecule has 2 heterocycles. The second-order valence-electron chi connectivity index (χ2n) is 6.96. The van der Waals surface area contributed by atoms with E-state index in [1.807, 2.05) is 11.4 Å². The molecule has 1 aliphatic heterocycles. The number of imide groups is 1. The maximum Gasteiger partial charge on any atom is 0.325 e. The standard InChI is InChI=1S/C20H21N3O5S/c1-27-14-6-5-12(10-15(14)28-2)21-17(24)11-23-18(25)20(22-19(23)26)8-3-4-16-13(20)7-9-29-16/h5-7,9-10H,3-4,8,11H2,1-2H3,(H,21,24)(H,22,26)/t20-/m1/s1. The van der Waals surface area contributed by atoms with Gasteiger partial charge in [-0.2, -0.15) is 0 Å². The second kappa shape index (κ2) is 7.40. The molecule has 2 N–H and O–H groups in total. The predicted molar refractivity (Wildman–Crippen MR) is 107 cm³/mol. The zero-order valence-electron chi connectivity index (χ0n) is 16.1. The van der Waals surface area contributed by atoms with Crippen LogP contribution in [0.25, 0.3) is 0 Å². The van der Waals surface area contributed by atoms with Gasteiger partial charge in [0.15, 0.2) is 11.5 Å². The normalized spacial score (nSPS) is 20.4. The molecule has 1 saturated heterocycles. The number of hydrogen-bond acceptors (Lipinski definition) is 6. The number of amides is 4. The Hall–Kier alpha value is -3.07. The van der Waals surface area contributed by atoms with Crippen LogP contribution in [0.5, 0.6) is 11.5 Å². The van der Waals surface area contributed by atoms with Crippen LogP contribution in [0.4, 0.5) is 10.5 Å². The van der Waals surface area contributed by atoms with Gasteiger partial charge in [0.25, 0.3) is 5.91 Å². The summed E-state index contributed by atoms with van der Waals surface area (Å²) < 4.78 is 10.4. The zero-order chi connectivity index (χ0) is 20.6. The summed E-state index contributed by atoms with van der Waals surface area (Å²) in [6.45, 7) is -0.361. The molecule has 2 aliphatic rings. The number of methoxy groups -OCH3 is 2. The monoisotopic (exact) mass is 415 g/mol. The largest absolute Gasteiger partial charge is 0.493 e. The molecule has 8 nitrogen and oxygen atoms in total. The van der Waals surface area contributed by atoms with Gasteiger partial charge in [0.05, 0.1) is 14.2 Å². The number of carbonyl (C=O) groups is 3. The van der Waals surface area contributed by atoms with Crippen molar-refractivity contribution in [3.8, 4) is 11.5 Å². The summed E-state index contributed by atoms with van der Waals surface area (Å²) in [5, 5.41) is 7.47. The number of aryl methyl sites for hydroxylation is 1. The van der Waals surface area contributed by atoms with Gasteiger partial charge in [0.2, 0.25) is 5.91 Å². The number of ether oxygens (including phenoxy) is 2. The average molecular weight is 415 g/mol. The average Bonchev–Trinajstić information content (AvgIpc) is 3.28. The highest BCUT2D eigenvalue weighted by molar-refractivity contribution is 7.10. The minimum atomic E-state index is -1.05. The van der Waals surface area contributed by atoms with E-state index in [-0.39, 0.29) is 12.5 Å². The molecule has 2 aromatic rings. The summed E-state index contributed by atoms with van der Waals surface area (Å²) in [6.07, 6.45) is 2.25. The summed E-state index contributed by atoms with van der Waals surface area (Å²) in [4.78, 5) is 40.3. The van der Waals surface area contributed by atoms with Crippen molar-refractivity contribution in [2.45, 2.75) is 24.8 Å². The van der Waals surface area contributed by atoms with Gasteiger partial charge in [-0.1, -0.05) is 0 Å². The highest BCUT2D eigenvalue weighted by atomic mass is 32.1. The lowest BCUT2D eigenvalue weighted by Gasteiger charge is -2.31. The molecule has 1 atom stereocenters. The third-order valence-corrected chi connectivity index (χ3v) is 6.29. The zero-order valence-corrected chi connectivity index (χ0v) is 16.9. The molecule has 1 aromatic carbocycles. The van der Waals surface area contributed by atoms with Crippen LogP contribution < -0.4 is 20.1 Å². The third-order valence-electron chi connectivity index (χ3n) is 5.31. The van der Waals surface area contributed by atoms with Crippen LogP contribution in [0.15, 0.2) is 29.6 Å². The first-order valence-electron chi connectivity index (χ1n) is 9.21. The van der Waals surface area contributed by atoms with E-state index in [1.165, 1.54) is 14.2 Å². The molecule has 4 amide bonds. The number of hydrogen-bond donors (Lipinski definition) is 2. The van der Waals surface area contributed by atoms with Crippen LogP contribution in [0.3, 0.4) is 0 Å². The van der Waals surface area contributed by atoms with Crippen molar-refractivity contribution >= 4 is 34.9 Å². The van der Waals surface area contributed by atoms with Gasteiger partial charge < -0.3 is 20.1 Å². The summed E-state index contributed by atoms with van der Waals surface area (Å²) in [5.41, 5.74) is 0.288. The van der Waals surface area contributed by atoms with Crippen LogP contribution in [0.1, 0.15) is 23.3 Å². The first kappa shape index (κ1) is 19.3. The molecule has 29 heavy (non-hydrogen) atoms. The number of carbonyl (C=O) groups excluding carboxylic acids is 3. The summed E-state index contributed by atoms with van der Waals surface area (Å²) in [5.74, 6) is 0.153. The Morgan fingerprint density at radius 2 is 2.03 bits per heavy atom. The molecular weight excluding hydrogens is 394 g/mol. The number of benzene rings is 1. The molecular formula is C20H21N3O5S. The maximum atomic E-state index is 13.2. The molecule has 1 aliphatic carbocycles.